The second-order valence-electron chi connectivity index (χ2n) is 15.8. The van der Waals surface area contributed by atoms with Crippen LogP contribution in [0.3, 0.4) is 0 Å². The third-order valence-corrected chi connectivity index (χ3v) is 11.0. The van der Waals surface area contributed by atoms with Crippen LogP contribution in [0.4, 0.5) is 8.78 Å². The van der Waals surface area contributed by atoms with Crippen molar-refractivity contribution in [2.24, 2.45) is 17.4 Å². The average Bonchev–Trinajstić information content (AvgIpc) is 3.26. The summed E-state index contributed by atoms with van der Waals surface area (Å²) in [6, 6.07) is 6.79. The van der Waals surface area contributed by atoms with Crippen LogP contribution < -0.4 is 32.7 Å². The van der Waals surface area contributed by atoms with Crippen molar-refractivity contribution in [3.8, 4) is 0 Å². The number of benzene rings is 2. The number of carbonyl (C=O) groups excluding carboxylic acids is 6. The van der Waals surface area contributed by atoms with E-state index in [-0.39, 0.29) is 12.3 Å². The molecule has 6 atom stereocenters. The fraction of sp³-hybridized carbons (Fsp3) is 0.488. The van der Waals surface area contributed by atoms with E-state index in [2.05, 4.69) is 21.3 Å². The summed E-state index contributed by atoms with van der Waals surface area (Å²) in [6.45, 7) is 0. The Balaban J connectivity index is 2.13. The number of nitrogens with one attached hydrogen (secondary N) is 4. The summed E-state index contributed by atoms with van der Waals surface area (Å²) < 4.78 is 26.8. The minimum atomic E-state index is -3.11. The Morgan fingerprint density at radius 3 is 1.63 bits per heavy atom. The molecule has 1 aliphatic rings. The number of carboxylic acids is 4. The van der Waals surface area contributed by atoms with Crippen LogP contribution in [0.25, 0.3) is 0 Å². The fourth-order valence-electron chi connectivity index (χ4n) is 7.64. The monoisotopic (exact) mass is 916 g/mol. The molecule has 12 N–H and O–H groups in total. The first-order valence-electron chi connectivity index (χ1n) is 20.8. The first-order valence-corrected chi connectivity index (χ1v) is 20.8. The quantitative estimate of drug-likeness (QED) is 0.0438. The van der Waals surface area contributed by atoms with E-state index < -0.39 is 146 Å². The molecule has 1 aliphatic carbocycles. The Labute approximate surface area is 371 Å². The molecule has 2 aromatic carbocycles. The lowest BCUT2D eigenvalue weighted by Crippen LogP contribution is -2.65. The topological polar surface area (TPSA) is 352 Å². The van der Waals surface area contributed by atoms with Gasteiger partial charge in [0.2, 0.25) is 30.1 Å². The van der Waals surface area contributed by atoms with Gasteiger partial charge in [-0.3, -0.25) is 43.2 Å². The maximum absolute atomic E-state index is 14.7. The first kappa shape index (κ1) is 52.7. The molecule has 20 nitrogen and oxygen atoms in total. The maximum Gasteiger partial charge on any atom is 0.374 e. The van der Waals surface area contributed by atoms with Gasteiger partial charge in [-0.2, -0.15) is 0 Å². The molecule has 0 aliphatic heterocycles. The summed E-state index contributed by atoms with van der Waals surface area (Å²) in [4.78, 5) is 130. The van der Waals surface area contributed by atoms with Crippen LogP contribution in [-0.2, 0) is 47.9 Å². The van der Waals surface area contributed by atoms with Crippen LogP contribution in [0, 0.1) is 5.92 Å². The number of aliphatic carboxylic acids is 4. The number of hydrogen-bond donors (Lipinski definition) is 10. The van der Waals surface area contributed by atoms with E-state index in [4.69, 9.17) is 16.6 Å². The zero-order chi connectivity index (χ0) is 48.4. The van der Waals surface area contributed by atoms with Crippen LogP contribution in [0.2, 0.25) is 0 Å². The average molecular weight is 917 g/mol. The van der Waals surface area contributed by atoms with Gasteiger partial charge in [-0.25, -0.2) is 13.6 Å². The van der Waals surface area contributed by atoms with Crippen molar-refractivity contribution in [1.29, 1.82) is 0 Å². The summed E-state index contributed by atoms with van der Waals surface area (Å²) in [7, 11) is 0. The van der Waals surface area contributed by atoms with Crippen LogP contribution >= 0.6 is 0 Å². The van der Waals surface area contributed by atoms with E-state index in [0.29, 0.717) is 36.8 Å². The fourth-order valence-corrected chi connectivity index (χ4v) is 7.64. The van der Waals surface area contributed by atoms with Crippen molar-refractivity contribution in [3.05, 3.63) is 71.8 Å². The Kier molecular flexibility index (Phi) is 20.2. The minimum absolute atomic E-state index is 0.263. The SMILES string of the molecule is N[C@@H](CC(=O)O)C(=O)N[C@@H](CCC(=O)O)C(=O)NC(C(=O)N[C@@H](CC(=O)O)C(=O)N[C@@H](CC1CCCCC1)C(=O)C(N)(CCC(F)F)C(=O)C(=O)O)C(c1ccccc1)c1ccccc1. The Morgan fingerprint density at radius 1 is 0.631 bits per heavy atom. The molecule has 1 fully saturated rings. The lowest BCUT2D eigenvalue weighted by Gasteiger charge is -2.34. The molecular weight excluding hydrogens is 862 g/mol. The molecule has 0 heterocycles. The Morgan fingerprint density at radius 2 is 1.14 bits per heavy atom. The predicted molar refractivity (Wildman–Crippen MR) is 223 cm³/mol. The number of amides is 4. The van der Waals surface area contributed by atoms with Crippen molar-refractivity contribution in [2.45, 2.75) is 125 Å². The standard InChI is InChI=1S/C43H54F2N6O14/c44-30(45)18-19-43(47,37(59)42(64)65)36(58)28(20-23-10-4-1-5-11-23)49-40(62)29(22-33(56)57)50-41(63)35(34(24-12-6-2-7-13-24)25-14-8-3-9-15-25)51-39(61)27(16-17-31(52)53)48-38(60)26(46)21-32(54)55/h2-3,6-9,12-15,23,26-30,34-35H,1,4-5,10-11,16-22,46-47H2,(H,48,60)(H,49,62)(H,50,63)(H,51,61)(H,52,53)(H,54,55)(H,56,57)(H,64,65)/t26-,27-,28-,29-,35?,43?/m0/s1. The highest BCUT2D eigenvalue weighted by Crippen LogP contribution is 2.31. The number of carboxylic acid groups (broad SMARTS) is 4. The summed E-state index contributed by atoms with van der Waals surface area (Å²) in [5.74, 6) is -16.5. The maximum atomic E-state index is 14.7. The molecule has 4 amide bonds. The molecule has 22 heteroatoms. The molecule has 0 aromatic heterocycles. The van der Waals surface area contributed by atoms with Crippen LogP contribution in [0.15, 0.2) is 60.7 Å². The molecule has 0 radical (unpaired) electrons. The number of ketones is 2. The number of nitrogens with two attached hydrogens (primary N) is 2. The lowest BCUT2D eigenvalue weighted by molar-refractivity contribution is -0.154. The first-order chi connectivity index (χ1) is 30.6. The third-order valence-electron chi connectivity index (χ3n) is 11.0. The van der Waals surface area contributed by atoms with Crippen molar-refractivity contribution in [3.63, 3.8) is 0 Å². The van der Waals surface area contributed by atoms with Gasteiger partial charge in [0.15, 0.2) is 5.78 Å². The largest absolute Gasteiger partial charge is 0.481 e. The lowest BCUT2D eigenvalue weighted by atomic mass is 9.77. The molecule has 0 bridgehead atoms. The van der Waals surface area contributed by atoms with Crippen molar-refractivity contribution < 1.29 is 77.2 Å². The summed E-state index contributed by atoms with van der Waals surface area (Å²) >= 11 is 0. The van der Waals surface area contributed by atoms with Gasteiger partial charge in [-0.1, -0.05) is 92.8 Å². The number of carbonyl (C=O) groups is 10. The van der Waals surface area contributed by atoms with E-state index in [0.717, 1.165) is 6.42 Å². The van der Waals surface area contributed by atoms with Gasteiger partial charge in [0.05, 0.1) is 24.9 Å². The molecule has 65 heavy (non-hydrogen) atoms. The molecular formula is C43H54F2N6O14. The molecule has 3 rings (SSSR count). The van der Waals surface area contributed by atoms with Gasteiger partial charge < -0.3 is 53.2 Å². The Bertz CT molecular complexity index is 2000. The van der Waals surface area contributed by atoms with Crippen molar-refractivity contribution >= 4 is 59.1 Å². The van der Waals surface area contributed by atoms with Gasteiger partial charge in [0.25, 0.3) is 5.78 Å². The number of hydrogen-bond acceptors (Lipinski definition) is 12. The number of Topliss-reactive ketones (excluding diaryl/α,β-unsaturated/α-hetero) is 2. The second-order valence-corrected chi connectivity index (χ2v) is 15.8. The Hall–Kier alpha value is -6.68. The van der Waals surface area contributed by atoms with Gasteiger partial charge >= 0.3 is 23.9 Å². The van der Waals surface area contributed by atoms with Gasteiger partial charge in [0, 0.05) is 18.8 Å². The molecule has 2 unspecified atom stereocenters. The summed E-state index contributed by atoms with van der Waals surface area (Å²) in [6.07, 6.45) is -5.78. The molecule has 2 aromatic rings. The number of alkyl halides is 2. The summed E-state index contributed by atoms with van der Waals surface area (Å²) in [5, 5.41) is 47.3. The molecule has 0 spiro atoms. The number of rotatable bonds is 27. The van der Waals surface area contributed by atoms with E-state index in [1.807, 2.05) is 0 Å². The number of halogens is 2. The molecule has 1 saturated carbocycles. The zero-order valence-corrected chi connectivity index (χ0v) is 35.2. The van der Waals surface area contributed by atoms with Crippen LogP contribution in [-0.4, -0.2) is 122 Å². The zero-order valence-electron chi connectivity index (χ0n) is 35.2. The van der Waals surface area contributed by atoms with Crippen LogP contribution in [0.5, 0.6) is 0 Å². The van der Waals surface area contributed by atoms with E-state index in [1.54, 1.807) is 60.7 Å². The minimum Gasteiger partial charge on any atom is -0.481 e. The summed E-state index contributed by atoms with van der Waals surface area (Å²) in [5.41, 5.74) is 9.43. The van der Waals surface area contributed by atoms with E-state index in [9.17, 15) is 72.0 Å². The molecule has 354 valence electrons. The van der Waals surface area contributed by atoms with Crippen molar-refractivity contribution in [1.82, 2.24) is 21.3 Å². The van der Waals surface area contributed by atoms with Gasteiger partial charge in [-0.15, -0.1) is 0 Å². The van der Waals surface area contributed by atoms with E-state index >= 15 is 0 Å². The predicted octanol–water partition coefficient (Wildman–Crippen LogP) is 0.835. The van der Waals surface area contributed by atoms with Crippen LogP contribution in [0.1, 0.15) is 94.1 Å². The smallest absolute Gasteiger partial charge is 0.374 e. The van der Waals surface area contributed by atoms with Gasteiger partial charge in [-0.05, 0) is 36.3 Å². The van der Waals surface area contributed by atoms with Gasteiger partial charge in [0.1, 0.15) is 23.7 Å². The van der Waals surface area contributed by atoms with Crippen molar-refractivity contribution in [2.75, 3.05) is 0 Å². The van der Waals surface area contributed by atoms with E-state index in [1.165, 1.54) is 0 Å². The highest BCUT2D eigenvalue weighted by molar-refractivity contribution is 6.42. The second kappa shape index (κ2) is 25.0. The molecule has 0 saturated heterocycles. The third kappa shape index (κ3) is 16.1. The normalized spacial score (nSPS) is 16.1. The highest BCUT2D eigenvalue weighted by Gasteiger charge is 2.49. The highest BCUT2D eigenvalue weighted by atomic mass is 19.3.